The Bertz CT molecular complexity index is 214. The molecule has 0 aromatic rings. The van der Waals surface area contributed by atoms with Crippen LogP contribution in [0.4, 0.5) is 0 Å². The van der Waals surface area contributed by atoms with Crippen LogP contribution in [0, 0.1) is 11.3 Å². The molecule has 2 aliphatic rings. The number of halogens is 1. The van der Waals surface area contributed by atoms with Crippen molar-refractivity contribution in [3.05, 3.63) is 0 Å². The number of hydrogen-bond acceptors (Lipinski definition) is 2. The van der Waals surface area contributed by atoms with Gasteiger partial charge in [-0.25, -0.2) is 0 Å². The van der Waals surface area contributed by atoms with Gasteiger partial charge in [0, 0.05) is 13.1 Å². The van der Waals surface area contributed by atoms with Gasteiger partial charge in [-0.15, -0.1) is 12.4 Å². The van der Waals surface area contributed by atoms with Crippen molar-refractivity contribution in [1.29, 1.82) is 0 Å². The lowest BCUT2D eigenvalue weighted by atomic mass is 9.68. The number of carbonyl (C=O) groups is 1. The fraction of sp³-hybridized carbons (Fsp3) is 0.900. The molecule has 1 aliphatic carbocycles. The molecule has 1 spiro atoms. The number of carboxylic acid groups (broad SMARTS) is 1. The Morgan fingerprint density at radius 2 is 1.93 bits per heavy atom. The fourth-order valence-corrected chi connectivity index (χ4v) is 2.94. The van der Waals surface area contributed by atoms with Gasteiger partial charge in [0.05, 0.1) is 5.92 Å². The van der Waals surface area contributed by atoms with Crippen LogP contribution >= 0.6 is 12.4 Å². The molecule has 14 heavy (non-hydrogen) atoms. The predicted octanol–water partition coefficient (Wildman–Crippen LogP) is 1.66. The van der Waals surface area contributed by atoms with Crippen LogP contribution in [0.1, 0.15) is 32.1 Å². The lowest BCUT2D eigenvalue weighted by molar-refractivity contribution is -0.145. The molecule has 0 radical (unpaired) electrons. The number of hydrogen-bond donors (Lipinski definition) is 2. The normalized spacial score (nSPS) is 29.9. The minimum absolute atomic E-state index is 0. The second-order valence-corrected chi connectivity index (χ2v) is 4.44. The Balaban J connectivity index is 0.000000980. The van der Waals surface area contributed by atoms with E-state index in [9.17, 15) is 4.79 Å². The van der Waals surface area contributed by atoms with Crippen LogP contribution in [-0.4, -0.2) is 24.2 Å². The molecule has 1 aliphatic heterocycles. The molecule has 1 atom stereocenters. The fourth-order valence-electron chi connectivity index (χ4n) is 2.94. The molecule has 0 unspecified atom stereocenters. The van der Waals surface area contributed by atoms with E-state index in [1.54, 1.807) is 0 Å². The maximum atomic E-state index is 11.0. The first-order valence-electron chi connectivity index (χ1n) is 5.18. The Kier molecular flexibility index (Phi) is 3.78. The van der Waals surface area contributed by atoms with E-state index < -0.39 is 5.97 Å². The monoisotopic (exact) mass is 219 g/mol. The summed E-state index contributed by atoms with van der Waals surface area (Å²) in [6.45, 7) is 1.60. The van der Waals surface area contributed by atoms with E-state index in [2.05, 4.69) is 5.32 Å². The number of rotatable bonds is 1. The molecule has 0 aromatic carbocycles. The summed E-state index contributed by atoms with van der Waals surface area (Å²) in [5.74, 6) is -0.736. The molecule has 0 aromatic heterocycles. The maximum absolute atomic E-state index is 11.0. The van der Waals surface area contributed by atoms with Gasteiger partial charge in [0.1, 0.15) is 0 Å². The maximum Gasteiger partial charge on any atom is 0.308 e. The van der Waals surface area contributed by atoms with E-state index in [-0.39, 0.29) is 23.7 Å². The van der Waals surface area contributed by atoms with Crippen LogP contribution in [0.25, 0.3) is 0 Å². The molecular weight excluding hydrogens is 202 g/mol. The zero-order chi connectivity index (χ0) is 9.31. The number of carboxylic acids is 1. The third-order valence-corrected chi connectivity index (χ3v) is 3.71. The highest BCUT2D eigenvalue weighted by molar-refractivity contribution is 5.85. The minimum Gasteiger partial charge on any atom is -0.481 e. The Hall–Kier alpha value is -0.280. The first kappa shape index (κ1) is 11.8. The van der Waals surface area contributed by atoms with Crippen LogP contribution in [-0.2, 0) is 4.79 Å². The average molecular weight is 220 g/mol. The van der Waals surface area contributed by atoms with E-state index in [1.165, 1.54) is 19.3 Å². The summed E-state index contributed by atoms with van der Waals surface area (Å²) in [6.07, 6.45) is 5.93. The van der Waals surface area contributed by atoms with E-state index in [0.717, 1.165) is 19.4 Å². The van der Waals surface area contributed by atoms with Crippen molar-refractivity contribution in [2.45, 2.75) is 32.1 Å². The Morgan fingerprint density at radius 1 is 1.29 bits per heavy atom. The second kappa shape index (κ2) is 4.49. The van der Waals surface area contributed by atoms with Gasteiger partial charge in [-0.05, 0) is 18.3 Å². The van der Waals surface area contributed by atoms with E-state index in [1.807, 2.05) is 0 Å². The zero-order valence-corrected chi connectivity index (χ0v) is 9.11. The van der Waals surface area contributed by atoms with Crippen molar-refractivity contribution in [1.82, 2.24) is 5.32 Å². The van der Waals surface area contributed by atoms with Crippen LogP contribution in [0.2, 0.25) is 0 Å². The quantitative estimate of drug-likeness (QED) is 0.705. The van der Waals surface area contributed by atoms with Gasteiger partial charge in [0.15, 0.2) is 0 Å². The second-order valence-electron chi connectivity index (χ2n) is 4.44. The van der Waals surface area contributed by atoms with Crippen molar-refractivity contribution in [3.8, 4) is 0 Å². The molecule has 0 bridgehead atoms. The summed E-state index contributed by atoms with van der Waals surface area (Å²) in [4.78, 5) is 11.0. The van der Waals surface area contributed by atoms with Gasteiger partial charge in [0.25, 0.3) is 0 Å². The molecule has 3 nitrogen and oxygen atoms in total. The highest BCUT2D eigenvalue weighted by atomic mass is 35.5. The molecule has 0 amide bonds. The van der Waals surface area contributed by atoms with Crippen molar-refractivity contribution < 1.29 is 9.90 Å². The largest absolute Gasteiger partial charge is 0.481 e. The molecule has 82 valence electrons. The molecule has 2 N–H and O–H groups in total. The van der Waals surface area contributed by atoms with Gasteiger partial charge in [0.2, 0.25) is 0 Å². The molecule has 1 saturated carbocycles. The molecular formula is C10H18ClNO2. The summed E-state index contributed by atoms with van der Waals surface area (Å²) in [5, 5.41) is 12.3. The van der Waals surface area contributed by atoms with Crippen molar-refractivity contribution in [2.75, 3.05) is 13.1 Å². The third-order valence-electron chi connectivity index (χ3n) is 3.71. The van der Waals surface area contributed by atoms with Gasteiger partial charge in [-0.1, -0.05) is 19.3 Å². The zero-order valence-electron chi connectivity index (χ0n) is 8.29. The Labute approximate surface area is 90.7 Å². The summed E-state index contributed by atoms with van der Waals surface area (Å²) < 4.78 is 0. The van der Waals surface area contributed by atoms with Gasteiger partial charge in [-0.3, -0.25) is 4.79 Å². The lowest BCUT2D eigenvalue weighted by Crippen LogP contribution is -2.36. The number of aliphatic carboxylic acids is 1. The molecule has 2 fully saturated rings. The third kappa shape index (κ3) is 1.89. The van der Waals surface area contributed by atoms with Crippen molar-refractivity contribution >= 4 is 18.4 Å². The van der Waals surface area contributed by atoms with Crippen molar-refractivity contribution in [3.63, 3.8) is 0 Å². The van der Waals surface area contributed by atoms with E-state index in [0.29, 0.717) is 6.54 Å². The first-order valence-corrected chi connectivity index (χ1v) is 5.18. The first-order chi connectivity index (χ1) is 6.25. The van der Waals surface area contributed by atoms with E-state index in [4.69, 9.17) is 5.11 Å². The van der Waals surface area contributed by atoms with Crippen LogP contribution in [0.3, 0.4) is 0 Å². The van der Waals surface area contributed by atoms with Gasteiger partial charge in [-0.2, -0.15) is 0 Å². The van der Waals surface area contributed by atoms with Crippen LogP contribution in [0.5, 0.6) is 0 Å². The predicted molar refractivity (Wildman–Crippen MR) is 56.8 cm³/mol. The minimum atomic E-state index is -0.605. The molecule has 2 rings (SSSR count). The molecule has 1 saturated heterocycles. The van der Waals surface area contributed by atoms with E-state index >= 15 is 0 Å². The number of nitrogens with one attached hydrogen (secondary N) is 1. The van der Waals surface area contributed by atoms with Crippen LogP contribution < -0.4 is 5.32 Å². The van der Waals surface area contributed by atoms with Gasteiger partial charge < -0.3 is 10.4 Å². The van der Waals surface area contributed by atoms with Gasteiger partial charge >= 0.3 is 5.97 Å². The van der Waals surface area contributed by atoms with Crippen LogP contribution in [0.15, 0.2) is 0 Å². The summed E-state index contributed by atoms with van der Waals surface area (Å²) in [5.41, 5.74) is 0.101. The smallest absolute Gasteiger partial charge is 0.308 e. The SMILES string of the molecule is Cl.O=C(O)[C@@H]1CNCC12CCCCC2. The highest BCUT2D eigenvalue weighted by Gasteiger charge is 2.46. The van der Waals surface area contributed by atoms with Crippen molar-refractivity contribution in [2.24, 2.45) is 11.3 Å². The topological polar surface area (TPSA) is 49.3 Å². The average Bonchev–Trinajstić information content (AvgIpc) is 2.50. The highest BCUT2D eigenvalue weighted by Crippen LogP contribution is 2.44. The summed E-state index contributed by atoms with van der Waals surface area (Å²) in [7, 11) is 0. The molecule has 4 heteroatoms. The summed E-state index contributed by atoms with van der Waals surface area (Å²) >= 11 is 0. The standard InChI is InChI=1S/C10H17NO2.ClH/c12-9(13)8-6-11-7-10(8)4-2-1-3-5-10;/h8,11H,1-7H2,(H,12,13);1H/t8-;/m0./s1. The Morgan fingerprint density at radius 3 is 2.50 bits per heavy atom. The summed E-state index contributed by atoms with van der Waals surface area (Å²) in [6, 6.07) is 0. The lowest BCUT2D eigenvalue weighted by Gasteiger charge is -2.36. The molecule has 1 heterocycles.